The van der Waals surface area contributed by atoms with E-state index in [1.807, 2.05) is 10.7 Å². The Labute approximate surface area is 117 Å². The summed E-state index contributed by atoms with van der Waals surface area (Å²) in [6.45, 7) is 3.17. The third kappa shape index (κ3) is 2.06. The first-order chi connectivity index (χ1) is 9.58. The number of aromatic carboxylic acids is 1. The molecule has 1 aliphatic heterocycles. The lowest BCUT2D eigenvalue weighted by Crippen LogP contribution is -2.38. The van der Waals surface area contributed by atoms with E-state index in [2.05, 4.69) is 29.2 Å². The van der Waals surface area contributed by atoms with Gasteiger partial charge in [-0.1, -0.05) is 11.3 Å². The summed E-state index contributed by atoms with van der Waals surface area (Å²) >= 11 is 0. The highest BCUT2D eigenvalue weighted by Crippen LogP contribution is 2.29. The first-order valence-electron chi connectivity index (χ1n) is 6.85. The lowest BCUT2D eigenvalue weighted by Gasteiger charge is -2.35. The molecule has 2 heterocycles. The average molecular weight is 274 g/mol. The first-order valence-corrected chi connectivity index (χ1v) is 6.85. The number of hydrogen-bond acceptors (Lipinski definition) is 4. The molecule has 1 aliphatic rings. The van der Waals surface area contributed by atoms with Gasteiger partial charge in [0.05, 0.1) is 11.6 Å². The molecule has 20 heavy (non-hydrogen) atoms. The molecule has 1 saturated heterocycles. The number of piperidine rings is 1. The van der Waals surface area contributed by atoms with Crippen LogP contribution < -0.4 is 0 Å². The number of carboxylic acid groups (broad SMARTS) is 1. The summed E-state index contributed by atoms with van der Waals surface area (Å²) in [5.41, 5.74) is 1.57. The molecular formula is C14H18N4O2. The Bertz CT molecular complexity index is 652. The number of nitrogens with zero attached hydrogens (tertiary/aromatic N) is 4. The fourth-order valence-electron chi connectivity index (χ4n) is 2.91. The average Bonchev–Trinajstić information content (AvgIpc) is 2.85. The highest BCUT2D eigenvalue weighted by Gasteiger charge is 2.27. The maximum Gasteiger partial charge on any atom is 0.337 e. The van der Waals surface area contributed by atoms with Gasteiger partial charge in [0.15, 0.2) is 0 Å². The van der Waals surface area contributed by atoms with Crippen molar-refractivity contribution in [2.24, 2.45) is 0 Å². The monoisotopic (exact) mass is 274 g/mol. The predicted octanol–water partition coefficient (Wildman–Crippen LogP) is 1.78. The number of likely N-dealkylation sites (tertiary alicyclic amines) is 1. The van der Waals surface area contributed by atoms with Crippen molar-refractivity contribution >= 4 is 17.0 Å². The molecule has 3 rings (SSSR count). The van der Waals surface area contributed by atoms with Gasteiger partial charge in [-0.15, -0.1) is 5.10 Å². The van der Waals surface area contributed by atoms with E-state index in [0.717, 1.165) is 19.4 Å². The van der Waals surface area contributed by atoms with Gasteiger partial charge in [0.2, 0.25) is 0 Å². The largest absolute Gasteiger partial charge is 0.478 e. The molecule has 6 nitrogen and oxygen atoms in total. The predicted molar refractivity (Wildman–Crippen MR) is 74.9 cm³/mol. The van der Waals surface area contributed by atoms with Crippen LogP contribution in [0.2, 0.25) is 0 Å². The quantitative estimate of drug-likeness (QED) is 0.904. The van der Waals surface area contributed by atoms with Gasteiger partial charge in [0, 0.05) is 12.6 Å². The molecule has 2 unspecified atom stereocenters. The maximum absolute atomic E-state index is 11.4. The zero-order valence-corrected chi connectivity index (χ0v) is 11.7. The van der Waals surface area contributed by atoms with Crippen molar-refractivity contribution < 1.29 is 9.90 Å². The SMILES string of the molecule is CC1CC(n2nnc3cccc(C(=O)O)c32)CCN1C. The van der Waals surface area contributed by atoms with E-state index in [4.69, 9.17) is 0 Å². The van der Waals surface area contributed by atoms with Crippen LogP contribution in [0.25, 0.3) is 11.0 Å². The fraction of sp³-hybridized carbons (Fsp3) is 0.500. The summed E-state index contributed by atoms with van der Waals surface area (Å²) in [7, 11) is 2.11. The summed E-state index contributed by atoms with van der Waals surface area (Å²) < 4.78 is 1.81. The standard InChI is InChI=1S/C14H18N4O2/c1-9-8-10(6-7-17(9)2)18-13-11(14(19)20)4-3-5-12(13)15-16-18/h3-5,9-10H,6-8H2,1-2H3,(H,19,20). The van der Waals surface area contributed by atoms with Crippen LogP contribution in [0.3, 0.4) is 0 Å². The van der Waals surface area contributed by atoms with E-state index >= 15 is 0 Å². The summed E-state index contributed by atoms with van der Waals surface area (Å²) in [6, 6.07) is 5.81. The molecule has 1 N–H and O–H groups in total. The van der Waals surface area contributed by atoms with Crippen molar-refractivity contribution in [3.05, 3.63) is 23.8 Å². The molecular weight excluding hydrogens is 256 g/mol. The molecule has 0 amide bonds. The Balaban J connectivity index is 2.06. The first kappa shape index (κ1) is 13.1. The maximum atomic E-state index is 11.4. The number of benzene rings is 1. The highest BCUT2D eigenvalue weighted by molar-refractivity contribution is 6.00. The summed E-state index contributed by atoms with van der Waals surface area (Å²) in [5.74, 6) is -0.930. The zero-order valence-electron chi connectivity index (χ0n) is 11.7. The minimum absolute atomic E-state index is 0.215. The number of hydrogen-bond donors (Lipinski definition) is 1. The molecule has 2 aromatic rings. The molecule has 2 atom stereocenters. The molecule has 0 bridgehead atoms. The van der Waals surface area contributed by atoms with Crippen LogP contribution in [0.5, 0.6) is 0 Å². The third-order valence-electron chi connectivity index (χ3n) is 4.25. The number of rotatable bonds is 2. The van der Waals surface area contributed by atoms with Crippen molar-refractivity contribution in [1.82, 2.24) is 19.9 Å². The number of carbonyl (C=O) groups is 1. The molecule has 1 fully saturated rings. The van der Waals surface area contributed by atoms with Crippen LogP contribution in [0, 0.1) is 0 Å². The van der Waals surface area contributed by atoms with Gasteiger partial charge >= 0.3 is 5.97 Å². The van der Waals surface area contributed by atoms with E-state index in [1.165, 1.54) is 0 Å². The van der Waals surface area contributed by atoms with Gasteiger partial charge in [-0.25, -0.2) is 9.48 Å². The Morgan fingerprint density at radius 3 is 2.95 bits per heavy atom. The van der Waals surface area contributed by atoms with Crippen LogP contribution in [-0.2, 0) is 0 Å². The Kier molecular flexibility index (Phi) is 3.17. The summed E-state index contributed by atoms with van der Waals surface area (Å²) in [4.78, 5) is 13.7. The second kappa shape index (κ2) is 4.86. The van der Waals surface area contributed by atoms with Crippen LogP contribution in [-0.4, -0.2) is 50.6 Å². The van der Waals surface area contributed by atoms with Gasteiger partial charge < -0.3 is 10.0 Å². The van der Waals surface area contributed by atoms with E-state index in [9.17, 15) is 9.90 Å². The number of para-hydroxylation sites is 1. The summed E-state index contributed by atoms with van der Waals surface area (Å²) in [5, 5.41) is 17.7. The highest BCUT2D eigenvalue weighted by atomic mass is 16.4. The third-order valence-corrected chi connectivity index (χ3v) is 4.25. The molecule has 0 aliphatic carbocycles. The Morgan fingerprint density at radius 1 is 1.45 bits per heavy atom. The fourth-order valence-corrected chi connectivity index (χ4v) is 2.91. The summed E-state index contributed by atoms with van der Waals surface area (Å²) in [6.07, 6.45) is 1.93. The topological polar surface area (TPSA) is 71.2 Å². The minimum Gasteiger partial charge on any atom is -0.478 e. The molecule has 1 aromatic heterocycles. The second-order valence-electron chi connectivity index (χ2n) is 5.52. The number of carboxylic acids is 1. The van der Waals surface area contributed by atoms with Crippen molar-refractivity contribution in [2.75, 3.05) is 13.6 Å². The molecule has 0 spiro atoms. The van der Waals surface area contributed by atoms with Crippen LogP contribution in [0.1, 0.15) is 36.2 Å². The minimum atomic E-state index is -0.930. The van der Waals surface area contributed by atoms with Crippen molar-refractivity contribution in [1.29, 1.82) is 0 Å². The van der Waals surface area contributed by atoms with Crippen LogP contribution in [0.4, 0.5) is 0 Å². The molecule has 6 heteroatoms. The second-order valence-corrected chi connectivity index (χ2v) is 5.52. The normalized spacial score (nSPS) is 24.1. The Hall–Kier alpha value is -1.95. The molecule has 106 valence electrons. The number of aromatic nitrogens is 3. The van der Waals surface area contributed by atoms with Gasteiger partial charge in [-0.2, -0.15) is 0 Å². The van der Waals surface area contributed by atoms with Gasteiger partial charge in [0.25, 0.3) is 0 Å². The van der Waals surface area contributed by atoms with E-state index < -0.39 is 5.97 Å². The van der Waals surface area contributed by atoms with Crippen LogP contribution in [0.15, 0.2) is 18.2 Å². The zero-order chi connectivity index (χ0) is 14.3. The molecule has 1 aromatic carbocycles. The van der Waals surface area contributed by atoms with E-state index in [0.29, 0.717) is 17.1 Å². The molecule has 0 radical (unpaired) electrons. The number of fused-ring (bicyclic) bond motifs is 1. The lowest BCUT2D eigenvalue weighted by atomic mass is 9.98. The smallest absolute Gasteiger partial charge is 0.337 e. The van der Waals surface area contributed by atoms with Gasteiger partial charge in [0.1, 0.15) is 11.0 Å². The van der Waals surface area contributed by atoms with Crippen molar-refractivity contribution in [3.63, 3.8) is 0 Å². The van der Waals surface area contributed by atoms with Crippen molar-refractivity contribution in [2.45, 2.75) is 31.8 Å². The Morgan fingerprint density at radius 2 is 2.25 bits per heavy atom. The van der Waals surface area contributed by atoms with Gasteiger partial charge in [-0.3, -0.25) is 0 Å². The molecule has 0 saturated carbocycles. The lowest BCUT2D eigenvalue weighted by molar-refractivity contribution is 0.0698. The van der Waals surface area contributed by atoms with E-state index in [1.54, 1.807) is 12.1 Å². The van der Waals surface area contributed by atoms with Gasteiger partial charge in [-0.05, 0) is 38.9 Å². The van der Waals surface area contributed by atoms with Crippen LogP contribution >= 0.6 is 0 Å². The van der Waals surface area contributed by atoms with E-state index in [-0.39, 0.29) is 11.6 Å². The van der Waals surface area contributed by atoms with Crippen molar-refractivity contribution in [3.8, 4) is 0 Å².